The first kappa shape index (κ1) is 13.1. The Bertz CT molecular complexity index is 120. The summed E-state index contributed by atoms with van der Waals surface area (Å²) in [7, 11) is 0.957. The third-order valence-corrected chi connectivity index (χ3v) is 4.76. The molecule has 80 valence electrons. The van der Waals surface area contributed by atoms with Crippen LogP contribution in [0.2, 0.25) is 6.04 Å². The van der Waals surface area contributed by atoms with E-state index in [2.05, 4.69) is 12.2 Å². The third-order valence-electron chi connectivity index (χ3n) is 1.82. The molecular weight excluding hydrogens is 186 g/mol. The normalized spacial score (nSPS) is 12.0. The van der Waals surface area contributed by atoms with Crippen molar-refractivity contribution in [2.75, 3.05) is 27.5 Å². The lowest BCUT2D eigenvalue weighted by Gasteiger charge is -2.25. The molecule has 0 radical (unpaired) electrons. The largest absolute Gasteiger partial charge is 0.501 e. The summed E-state index contributed by atoms with van der Waals surface area (Å²) in [6.45, 7) is 5.52. The van der Waals surface area contributed by atoms with Crippen molar-refractivity contribution in [1.82, 2.24) is 5.32 Å². The van der Waals surface area contributed by atoms with E-state index in [-0.39, 0.29) is 0 Å². The van der Waals surface area contributed by atoms with Gasteiger partial charge in [-0.1, -0.05) is 20.3 Å². The summed E-state index contributed by atoms with van der Waals surface area (Å²) in [5.41, 5.74) is 0. The highest BCUT2D eigenvalue weighted by Crippen LogP contribution is 2.14. The lowest BCUT2D eigenvalue weighted by molar-refractivity contribution is 0.0905. The van der Waals surface area contributed by atoms with Crippen LogP contribution in [0.15, 0.2) is 0 Å². The van der Waals surface area contributed by atoms with Gasteiger partial charge in [0.2, 0.25) is 0 Å². The number of nitrogens with one attached hydrogen (secondary N) is 1. The van der Waals surface area contributed by atoms with Crippen LogP contribution in [0.1, 0.15) is 20.3 Å². The van der Waals surface area contributed by atoms with Crippen LogP contribution >= 0.6 is 0 Å². The molecule has 5 heteroatoms. The van der Waals surface area contributed by atoms with Gasteiger partial charge in [-0.2, -0.15) is 0 Å². The van der Waals surface area contributed by atoms with Gasteiger partial charge in [-0.25, -0.2) is 0 Å². The van der Waals surface area contributed by atoms with Crippen LogP contribution in [-0.4, -0.2) is 36.3 Å². The van der Waals surface area contributed by atoms with E-state index in [0.29, 0.717) is 6.73 Å². The Kier molecular flexibility index (Phi) is 7.49. The van der Waals surface area contributed by atoms with Gasteiger partial charge in [0, 0.05) is 20.3 Å². The van der Waals surface area contributed by atoms with Gasteiger partial charge >= 0.3 is 8.80 Å². The molecule has 0 atom stereocenters. The summed E-state index contributed by atoms with van der Waals surface area (Å²) in [6.07, 6.45) is 1.01. The number of rotatable bonds is 8. The summed E-state index contributed by atoms with van der Waals surface area (Å²) in [5.74, 6) is 0. The molecule has 4 nitrogen and oxygen atoms in total. The monoisotopic (exact) mass is 207 g/mol. The zero-order valence-electron chi connectivity index (χ0n) is 9.05. The molecule has 0 bridgehead atoms. The molecule has 0 aliphatic rings. The minimum Gasteiger partial charge on any atom is -0.377 e. The Balaban J connectivity index is 3.89. The predicted molar refractivity (Wildman–Crippen MR) is 54.5 cm³/mol. The van der Waals surface area contributed by atoms with E-state index in [1.54, 1.807) is 14.2 Å². The maximum atomic E-state index is 5.59. The average Bonchev–Trinajstić information content (AvgIpc) is 2.17. The molecule has 0 fully saturated rings. The van der Waals surface area contributed by atoms with Crippen molar-refractivity contribution < 1.29 is 13.3 Å². The van der Waals surface area contributed by atoms with Gasteiger partial charge in [-0.15, -0.1) is 0 Å². The SMILES string of the molecule is CCC[Si](OC)(OC)OCNCC. The van der Waals surface area contributed by atoms with Gasteiger partial charge < -0.3 is 13.3 Å². The Morgan fingerprint density at radius 3 is 2.15 bits per heavy atom. The van der Waals surface area contributed by atoms with Crippen LogP contribution < -0.4 is 5.32 Å². The van der Waals surface area contributed by atoms with Crippen molar-refractivity contribution in [2.45, 2.75) is 26.3 Å². The van der Waals surface area contributed by atoms with Crippen molar-refractivity contribution in [3.63, 3.8) is 0 Å². The molecule has 0 spiro atoms. The van der Waals surface area contributed by atoms with Crippen LogP contribution in [-0.2, 0) is 13.3 Å². The molecule has 13 heavy (non-hydrogen) atoms. The van der Waals surface area contributed by atoms with Crippen molar-refractivity contribution >= 4 is 8.80 Å². The van der Waals surface area contributed by atoms with E-state index in [1.165, 1.54) is 0 Å². The summed E-state index contributed by atoms with van der Waals surface area (Å²) in [6, 6.07) is 0.866. The molecule has 0 saturated carbocycles. The Hall–Kier alpha value is 0.0569. The third kappa shape index (κ3) is 4.73. The molecule has 0 aromatic heterocycles. The van der Waals surface area contributed by atoms with Crippen molar-refractivity contribution in [2.24, 2.45) is 0 Å². The van der Waals surface area contributed by atoms with E-state index in [1.807, 2.05) is 6.92 Å². The zero-order valence-corrected chi connectivity index (χ0v) is 10.1. The summed E-state index contributed by atoms with van der Waals surface area (Å²) in [5, 5.41) is 3.08. The lowest BCUT2D eigenvalue weighted by atomic mass is 10.6. The minimum absolute atomic E-state index is 0.504. The molecule has 0 amide bonds. The van der Waals surface area contributed by atoms with E-state index in [9.17, 15) is 0 Å². The fraction of sp³-hybridized carbons (Fsp3) is 1.00. The smallest absolute Gasteiger partial charge is 0.377 e. The van der Waals surface area contributed by atoms with Gasteiger partial charge in [0.25, 0.3) is 0 Å². The predicted octanol–water partition coefficient (Wildman–Crippen LogP) is 1.21. The van der Waals surface area contributed by atoms with Gasteiger partial charge in [0.15, 0.2) is 0 Å². The van der Waals surface area contributed by atoms with Crippen LogP contribution in [0.3, 0.4) is 0 Å². The fourth-order valence-corrected chi connectivity index (χ4v) is 2.94. The van der Waals surface area contributed by atoms with Crippen molar-refractivity contribution in [3.05, 3.63) is 0 Å². The molecular formula is C8H21NO3Si. The highest BCUT2D eigenvalue weighted by molar-refractivity contribution is 6.60. The molecule has 0 unspecified atom stereocenters. The first-order valence-electron chi connectivity index (χ1n) is 4.69. The fourth-order valence-electron chi connectivity index (χ4n) is 1.05. The molecule has 0 aliphatic heterocycles. The summed E-state index contributed by atoms with van der Waals surface area (Å²) >= 11 is 0. The number of hydrogen-bond donors (Lipinski definition) is 1. The molecule has 0 aromatic carbocycles. The van der Waals surface area contributed by atoms with Gasteiger partial charge in [0.05, 0.1) is 6.73 Å². The lowest BCUT2D eigenvalue weighted by Crippen LogP contribution is -2.45. The van der Waals surface area contributed by atoms with Crippen LogP contribution in [0.25, 0.3) is 0 Å². The maximum absolute atomic E-state index is 5.59. The van der Waals surface area contributed by atoms with Crippen LogP contribution in [0.4, 0.5) is 0 Å². The second-order valence-corrected chi connectivity index (χ2v) is 5.70. The Morgan fingerprint density at radius 2 is 1.77 bits per heavy atom. The minimum atomic E-state index is -2.34. The molecule has 0 saturated heterocycles. The Morgan fingerprint density at radius 1 is 1.15 bits per heavy atom. The number of hydrogen-bond acceptors (Lipinski definition) is 4. The highest BCUT2D eigenvalue weighted by atomic mass is 28.4. The van der Waals surface area contributed by atoms with Crippen molar-refractivity contribution in [3.8, 4) is 0 Å². The molecule has 0 rings (SSSR count). The standard InChI is InChI=1S/C8H21NO3Si/c1-5-7-13(10-3,11-4)12-8-9-6-2/h9H,5-8H2,1-4H3. The second kappa shape index (κ2) is 7.46. The average molecular weight is 207 g/mol. The van der Waals surface area contributed by atoms with E-state index in [4.69, 9.17) is 13.3 Å². The zero-order chi connectivity index (χ0) is 10.2. The van der Waals surface area contributed by atoms with E-state index < -0.39 is 8.80 Å². The molecule has 0 aromatic rings. The van der Waals surface area contributed by atoms with Gasteiger partial charge in [0.1, 0.15) is 0 Å². The highest BCUT2D eigenvalue weighted by Gasteiger charge is 2.37. The Labute approximate surface area is 81.9 Å². The molecule has 1 N–H and O–H groups in total. The van der Waals surface area contributed by atoms with E-state index >= 15 is 0 Å². The van der Waals surface area contributed by atoms with Crippen LogP contribution in [0.5, 0.6) is 0 Å². The summed E-state index contributed by atoms with van der Waals surface area (Å²) < 4.78 is 16.2. The van der Waals surface area contributed by atoms with E-state index in [0.717, 1.165) is 19.0 Å². The summed E-state index contributed by atoms with van der Waals surface area (Å²) in [4.78, 5) is 0. The quantitative estimate of drug-likeness (QED) is 0.369. The second-order valence-electron chi connectivity index (χ2n) is 2.73. The molecule has 0 heterocycles. The van der Waals surface area contributed by atoms with Gasteiger partial charge in [-0.3, -0.25) is 5.32 Å². The topological polar surface area (TPSA) is 39.7 Å². The molecule has 0 aliphatic carbocycles. The first-order valence-corrected chi connectivity index (χ1v) is 6.62. The first-order chi connectivity index (χ1) is 6.24. The van der Waals surface area contributed by atoms with Gasteiger partial charge in [-0.05, 0) is 6.54 Å². The van der Waals surface area contributed by atoms with Crippen LogP contribution in [0, 0.1) is 0 Å². The van der Waals surface area contributed by atoms with Crippen molar-refractivity contribution in [1.29, 1.82) is 0 Å². The maximum Gasteiger partial charge on any atom is 0.501 e.